The smallest absolute Gasteiger partial charge is 0.271 e. The van der Waals surface area contributed by atoms with E-state index in [2.05, 4.69) is 25.7 Å². The lowest BCUT2D eigenvalue weighted by Gasteiger charge is -2.09. The van der Waals surface area contributed by atoms with Gasteiger partial charge in [-0.2, -0.15) is 0 Å². The van der Waals surface area contributed by atoms with Crippen molar-refractivity contribution < 1.29 is 9.18 Å². The number of hydrogen-bond acceptors (Lipinski definition) is 5. The van der Waals surface area contributed by atoms with Gasteiger partial charge in [-0.1, -0.05) is 12.1 Å². The molecule has 0 saturated carbocycles. The molecule has 2 rings (SSSR count). The molecule has 0 aliphatic heterocycles. The van der Waals surface area contributed by atoms with Crippen LogP contribution in [-0.4, -0.2) is 48.2 Å². The Morgan fingerprint density at radius 1 is 1.12 bits per heavy atom. The van der Waals surface area contributed by atoms with Crippen molar-refractivity contribution in [2.45, 2.75) is 13.0 Å². The van der Waals surface area contributed by atoms with Crippen molar-refractivity contribution in [3.05, 3.63) is 53.5 Å². The van der Waals surface area contributed by atoms with Gasteiger partial charge in [0.2, 0.25) is 0 Å². The number of rotatable bonds is 8. The van der Waals surface area contributed by atoms with Crippen molar-refractivity contribution in [2.24, 2.45) is 0 Å². The Labute approximate surface area is 141 Å². The van der Waals surface area contributed by atoms with Gasteiger partial charge in [0.25, 0.3) is 5.91 Å². The minimum atomic E-state index is -0.264. The lowest BCUT2D eigenvalue weighted by Crippen LogP contribution is -2.28. The molecule has 0 saturated heterocycles. The van der Waals surface area contributed by atoms with Gasteiger partial charge >= 0.3 is 0 Å². The summed E-state index contributed by atoms with van der Waals surface area (Å²) >= 11 is 0. The third kappa shape index (κ3) is 5.92. The fourth-order valence-electron chi connectivity index (χ4n) is 2.03. The normalized spacial score (nSPS) is 10.7. The molecule has 2 N–H and O–H groups in total. The Morgan fingerprint density at radius 2 is 1.88 bits per heavy atom. The number of aromatic nitrogens is 2. The first-order valence-electron chi connectivity index (χ1n) is 7.79. The van der Waals surface area contributed by atoms with Crippen LogP contribution >= 0.6 is 0 Å². The third-order valence-corrected chi connectivity index (χ3v) is 3.35. The zero-order valence-corrected chi connectivity index (χ0v) is 13.9. The Kier molecular flexibility index (Phi) is 6.62. The van der Waals surface area contributed by atoms with Gasteiger partial charge in [0.05, 0.1) is 0 Å². The van der Waals surface area contributed by atoms with Gasteiger partial charge in [-0.05, 0) is 56.9 Å². The monoisotopic (exact) mass is 331 g/mol. The van der Waals surface area contributed by atoms with E-state index < -0.39 is 0 Å². The molecule has 128 valence electrons. The van der Waals surface area contributed by atoms with Gasteiger partial charge in [-0.25, -0.2) is 4.39 Å². The number of hydrogen-bond donors (Lipinski definition) is 2. The molecule has 0 aliphatic rings. The number of halogens is 1. The molecule has 6 nitrogen and oxygen atoms in total. The van der Waals surface area contributed by atoms with E-state index in [4.69, 9.17) is 0 Å². The van der Waals surface area contributed by atoms with E-state index in [0.717, 1.165) is 18.5 Å². The highest BCUT2D eigenvalue weighted by Crippen LogP contribution is 2.07. The fourth-order valence-corrected chi connectivity index (χ4v) is 2.03. The molecule has 0 bridgehead atoms. The minimum Gasteiger partial charge on any atom is -0.365 e. The van der Waals surface area contributed by atoms with Crippen LogP contribution in [-0.2, 0) is 6.54 Å². The standard InChI is InChI=1S/C17H22FN5O/c1-23(2)11-3-10-19-17(24)15-8-9-16(22-21-15)20-12-13-4-6-14(18)7-5-13/h4-9H,3,10-12H2,1-2H3,(H,19,24)(H,20,22). The van der Waals surface area contributed by atoms with E-state index in [1.165, 1.54) is 12.1 Å². The summed E-state index contributed by atoms with van der Waals surface area (Å²) in [5.74, 6) is 0.0642. The number of benzene rings is 1. The Morgan fingerprint density at radius 3 is 2.50 bits per heavy atom. The number of amides is 1. The quantitative estimate of drug-likeness (QED) is 0.723. The van der Waals surface area contributed by atoms with Gasteiger partial charge in [0, 0.05) is 13.1 Å². The molecule has 0 atom stereocenters. The average Bonchev–Trinajstić information content (AvgIpc) is 2.58. The molecular formula is C17H22FN5O. The maximum absolute atomic E-state index is 12.8. The number of anilines is 1. The van der Waals surface area contributed by atoms with Gasteiger partial charge in [-0.3, -0.25) is 4.79 Å². The third-order valence-electron chi connectivity index (χ3n) is 3.35. The molecule has 1 heterocycles. The number of carbonyl (C=O) groups is 1. The minimum absolute atomic E-state index is 0.230. The van der Waals surface area contributed by atoms with Crippen molar-refractivity contribution in [3.8, 4) is 0 Å². The van der Waals surface area contributed by atoms with Crippen LogP contribution in [0.25, 0.3) is 0 Å². The predicted octanol–water partition coefficient (Wildman–Crippen LogP) is 1.91. The molecule has 2 aromatic rings. The molecule has 1 aromatic carbocycles. The molecule has 1 amide bonds. The Balaban J connectivity index is 1.79. The molecule has 1 aromatic heterocycles. The largest absolute Gasteiger partial charge is 0.365 e. The highest BCUT2D eigenvalue weighted by atomic mass is 19.1. The summed E-state index contributed by atoms with van der Waals surface area (Å²) in [6.45, 7) is 2.02. The van der Waals surface area contributed by atoms with Gasteiger partial charge in [0.1, 0.15) is 11.6 Å². The Bertz CT molecular complexity index is 643. The fraction of sp³-hybridized carbons (Fsp3) is 0.353. The van der Waals surface area contributed by atoms with Crippen LogP contribution in [0.3, 0.4) is 0 Å². The highest BCUT2D eigenvalue weighted by molar-refractivity contribution is 5.92. The number of nitrogens with zero attached hydrogens (tertiary/aromatic N) is 3. The lowest BCUT2D eigenvalue weighted by molar-refractivity contribution is 0.0946. The second-order valence-corrected chi connectivity index (χ2v) is 5.70. The SMILES string of the molecule is CN(C)CCCNC(=O)c1ccc(NCc2ccc(F)cc2)nn1. The first kappa shape index (κ1) is 17.8. The van der Waals surface area contributed by atoms with Crippen LogP contribution in [0.15, 0.2) is 36.4 Å². The van der Waals surface area contributed by atoms with E-state index in [9.17, 15) is 9.18 Å². The lowest BCUT2D eigenvalue weighted by atomic mass is 10.2. The first-order chi connectivity index (χ1) is 11.5. The predicted molar refractivity (Wildman–Crippen MR) is 91.3 cm³/mol. The summed E-state index contributed by atoms with van der Waals surface area (Å²) in [5.41, 5.74) is 1.22. The van der Waals surface area contributed by atoms with E-state index in [0.29, 0.717) is 18.9 Å². The second-order valence-electron chi connectivity index (χ2n) is 5.70. The van der Waals surface area contributed by atoms with Gasteiger partial charge < -0.3 is 15.5 Å². The maximum atomic E-state index is 12.8. The van der Waals surface area contributed by atoms with Crippen LogP contribution in [0.5, 0.6) is 0 Å². The summed E-state index contributed by atoms with van der Waals surface area (Å²) in [5, 5.41) is 13.8. The summed E-state index contributed by atoms with van der Waals surface area (Å²) < 4.78 is 12.8. The summed E-state index contributed by atoms with van der Waals surface area (Å²) in [7, 11) is 3.98. The van der Waals surface area contributed by atoms with E-state index in [1.54, 1.807) is 24.3 Å². The van der Waals surface area contributed by atoms with Crippen LogP contribution < -0.4 is 10.6 Å². The maximum Gasteiger partial charge on any atom is 0.271 e. The van der Waals surface area contributed by atoms with Crippen molar-refractivity contribution >= 4 is 11.7 Å². The zero-order valence-electron chi connectivity index (χ0n) is 13.9. The van der Waals surface area contributed by atoms with Crippen molar-refractivity contribution in [1.29, 1.82) is 0 Å². The number of nitrogens with one attached hydrogen (secondary N) is 2. The second kappa shape index (κ2) is 8.93. The molecule has 0 unspecified atom stereocenters. The van der Waals surface area contributed by atoms with Crippen molar-refractivity contribution in [2.75, 3.05) is 32.5 Å². The molecular weight excluding hydrogens is 309 g/mol. The summed E-state index contributed by atoms with van der Waals surface area (Å²) in [6, 6.07) is 9.54. The van der Waals surface area contributed by atoms with Crippen molar-refractivity contribution in [1.82, 2.24) is 20.4 Å². The first-order valence-corrected chi connectivity index (χ1v) is 7.79. The molecule has 24 heavy (non-hydrogen) atoms. The summed E-state index contributed by atoms with van der Waals surface area (Å²) in [6.07, 6.45) is 0.878. The average molecular weight is 331 g/mol. The topological polar surface area (TPSA) is 70.2 Å². The molecule has 0 spiro atoms. The molecule has 0 radical (unpaired) electrons. The van der Waals surface area contributed by atoms with Crippen LogP contribution in [0.4, 0.5) is 10.2 Å². The Hall–Kier alpha value is -2.54. The molecule has 0 fully saturated rings. The number of carbonyl (C=O) groups excluding carboxylic acids is 1. The van der Waals surface area contributed by atoms with Crippen LogP contribution in [0.1, 0.15) is 22.5 Å². The van der Waals surface area contributed by atoms with Crippen LogP contribution in [0.2, 0.25) is 0 Å². The van der Waals surface area contributed by atoms with Crippen LogP contribution in [0, 0.1) is 5.82 Å². The van der Waals surface area contributed by atoms with Gasteiger partial charge in [0.15, 0.2) is 5.69 Å². The van der Waals surface area contributed by atoms with E-state index >= 15 is 0 Å². The zero-order chi connectivity index (χ0) is 17.4. The van der Waals surface area contributed by atoms with E-state index in [1.807, 2.05) is 14.1 Å². The summed E-state index contributed by atoms with van der Waals surface area (Å²) in [4.78, 5) is 14.0. The van der Waals surface area contributed by atoms with Crippen molar-refractivity contribution in [3.63, 3.8) is 0 Å². The van der Waals surface area contributed by atoms with E-state index in [-0.39, 0.29) is 17.4 Å². The molecule has 7 heteroatoms. The molecule has 0 aliphatic carbocycles. The van der Waals surface area contributed by atoms with Gasteiger partial charge in [-0.15, -0.1) is 10.2 Å². The highest BCUT2D eigenvalue weighted by Gasteiger charge is 2.07.